The van der Waals surface area contributed by atoms with Crippen LogP contribution >= 0.6 is 0 Å². The fourth-order valence-electron chi connectivity index (χ4n) is 2.48. The Labute approximate surface area is 126 Å². The molecule has 21 heavy (non-hydrogen) atoms. The van der Waals surface area contributed by atoms with E-state index in [4.69, 9.17) is 4.74 Å². The van der Waals surface area contributed by atoms with Crippen LogP contribution in [0.4, 0.5) is 5.82 Å². The summed E-state index contributed by atoms with van der Waals surface area (Å²) in [7, 11) is 1.71. The molecule has 2 aromatic rings. The molecule has 2 rings (SSSR count). The lowest BCUT2D eigenvalue weighted by Gasteiger charge is -2.30. The molecule has 1 heterocycles. The molecule has 0 aliphatic rings. The predicted molar refractivity (Wildman–Crippen MR) is 86.6 cm³/mol. The molecule has 114 valence electrons. The van der Waals surface area contributed by atoms with E-state index in [1.54, 1.807) is 7.11 Å². The number of benzene rings is 1. The van der Waals surface area contributed by atoms with Crippen molar-refractivity contribution in [1.82, 2.24) is 4.98 Å². The summed E-state index contributed by atoms with van der Waals surface area (Å²) in [6.45, 7) is 5.76. The van der Waals surface area contributed by atoms with Gasteiger partial charge in [-0.15, -0.1) is 0 Å². The molecule has 0 radical (unpaired) electrons. The van der Waals surface area contributed by atoms with Crippen molar-refractivity contribution in [3.05, 3.63) is 36.0 Å². The highest BCUT2D eigenvalue weighted by atomic mass is 16.5. The minimum absolute atomic E-state index is 0.0452. The fraction of sp³-hybridized carbons (Fsp3) is 0.471. The third-order valence-corrected chi connectivity index (χ3v) is 3.87. The maximum Gasteiger partial charge on any atom is 0.137 e. The summed E-state index contributed by atoms with van der Waals surface area (Å²) in [6.07, 6.45) is 1.03. The van der Waals surface area contributed by atoms with Crippen LogP contribution in [-0.2, 0) is 11.3 Å². The minimum atomic E-state index is -0.0452. The van der Waals surface area contributed by atoms with Gasteiger partial charge < -0.3 is 14.7 Å². The highest BCUT2D eigenvalue weighted by Gasteiger charge is 2.17. The Morgan fingerprint density at radius 3 is 2.76 bits per heavy atom. The van der Waals surface area contributed by atoms with E-state index < -0.39 is 0 Å². The number of aliphatic hydroxyl groups excluding tert-OH is 1. The van der Waals surface area contributed by atoms with Gasteiger partial charge in [-0.3, -0.25) is 0 Å². The van der Waals surface area contributed by atoms with E-state index in [9.17, 15) is 5.11 Å². The number of nitrogens with zero attached hydrogens (tertiary/aromatic N) is 2. The van der Waals surface area contributed by atoms with E-state index in [-0.39, 0.29) is 6.61 Å². The summed E-state index contributed by atoms with van der Waals surface area (Å²) < 4.78 is 5.24. The van der Waals surface area contributed by atoms with E-state index >= 15 is 0 Å². The van der Waals surface area contributed by atoms with Crippen LogP contribution in [0.25, 0.3) is 10.8 Å². The lowest BCUT2D eigenvalue weighted by Crippen LogP contribution is -2.36. The number of ether oxygens (including phenoxy) is 1. The second kappa shape index (κ2) is 7.38. The first-order valence-corrected chi connectivity index (χ1v) is 7.46. The molecule has 0 bridgehead atoms. The predicted octanol–water partition coefficient (Wildman–Crippen LogP) is 2.98. The first-order valence-electron chi connectivity index (χ1n) is 7.46. The summed E-state index contributed by atoms with van der Waals surface area (Å²) in [5.41, 5.74) is 0.703. The largest absolute Gasteiger partial charge is 0.390 e. The zero-order valence-corrected chi connectivity index (χ0v) is 13.0. The Morgan fingerprint density at radius 2 is 2.10 bits per heavy atom. The lowest BCUT2D eigenvalue weighted by atomic mass is 10.1. The number of rotatable bonds is 7. The van der Waals surface area contributed by atoms with Crippen LogP contribution in [0.5, 0.6) is 0 Å². The Balaban J connectivity index is 2.53. The third-order valence-electron chi connectivity index (χ3n) is 3.87. The molecule has 0 aliphatic heterocycles. The summed E-state index contributed by atoms with van der Waals surface area (Å²) in [6, 6.07) is 10.5. The SMILES string of the molecule is CCC(C)N(CCOC)c1nc(CO)cc2ccccc12. The molecule has 0 saturated carbocycles. The Hall–Kier alpha value is -1.65. The average molecular weight is 288 g/mol. The van der Waals surface area contributed by atoms with Gasteiger partial charge >= 0.3 is 0 Å². The van der Waals surface area contributed by atoms with E-state index in [1.165, 1.54) is 0 Å². The van der Waals surface area contributed by atoms with Crippen LogP contribution in [0.2, 0.25) is 0 Å². The van der Waals surface area contributed by atoms with Gasteiger partial charge in [-0.25, -0.2) is 4.98 Å². The molecule has 0 aliphatic carbocycles. The van der Waals surface area contributed by atoms with Crippen molar-refractivity contribution in [3.63, 3.8) is 0 Å². The first kappa shape index (κ1) is 15.7. The summed E-state index contributed by atoms with van der Waals surface area (Å²) in [5, 5.41) is 11.7. The smallest absolute Gasteiger partial charge is 0.137 e. The lowest BCUT2D eigenvalue weighted by molar-refractivity contribution is 0.203. The van der Waals surface area contributed by atoms with Gasteiger partial charge in [0.25, 0.3) is 0 Å². The normalized spacial score (nSPS) is 12.6. The van der Waals surface area contributed by atoms with Crippen LogP contribution in [-0.4, -0.2) is 36.4 Å². The maximum atomic E-state index is 9.47. The molecule has 1 N–H and O–H groups in total. The van der Waals surface area contributed by atoms with Crippen LogP contribution in [0, 0.1) is 0 Å². The van der Waals surface area contributed by atoms with Crippen molar-refractivity contribution >= 4 is 16.6 Å². The first-order chi connectivity index (χ1) is 10.2. The number of hydrogen-bond donors (Lipinski definition) is 1. The number of anilines is 1. The molecule has 4 nitrogen and oxygen atoms in total. The summed E-state index contributed by atoms with van der Waals surface area (Å²) >= 11 is 0. The van der Waals surface area contributed by atoms with Gasteiger partial charge in [-0.05, 0) is 24.8 Å². The second-order valence-electron chi connectivity index (χ2n) is 5.26. The third kappa shape index (κ3) is 3.52. The van der Waals surface area contributed by atoms with Gasteiger partial charge in [0.05, 0.1) is 18.9 Å². The summed E-state index contributed by atoms with van der Waals surface area (Å²) in [4.78, 5) is 6.93. The zero-order valence-electron chi connectivity index (χ0n) is 13.0. The van der Waals surface area contributed by atoms with Crippen molar-refractivity contribution in [3.8, 4) is 0 Å². The van der Waals surface area contributed by atoms with Crippen molar-refractivity contribution in [1.29, 1.82) is 0 Å². The highest BCUT2D eigenvalue weighted by molar-refractivity contribution is 5.92. The van der Waals surface area contributed by atoms with Crippen molar-refractivity contribution in [2.75, 3.05) is 25.2 Å². The average Bonchev–Trinajstić information content (AvgIpc) is 2.54. The Morgan fingerprint density at radius 1 is 1.33 bits per heavy atom. The molecule has 1 aromatic heterocycles. The number of methoxy groups -OCH3 is 1. The molecule has 1 unspecified atom stereocenters. The number of aliphatic hydroxyl groups is 1. The highest BCUT2D eigenvalue weighted by Crippen LogP contribution is 2.27. The van der Waals surface area contributed by atoms with Crippen molar-refractivity contribution in [2.45, 2.75) is 32.9 Å². The van der Waals surface area contributed by atoms with Crippen LogP contribution < -0.4 is 4.90 Å². The molecule has 0 saturated heterocycles. The van der Waals surface area contributed by atoms with E-state index in [2.05, 4.69) is 35.9 Å². The van der Waals surface area contributed by atoms with Gasteiger partial charge in [0, 0.05) is 25.1 Å². The minimum Gasteiger partial charge on any atom is -0.390 e. The van der Waals surface area contributed by atoms with E-state index in [0.29, 0.717) is 18.3 Å². The van der Waals surface area contributed by atoms with E-state index in [1.807, 2.05) is 18.2 Å². The van der Waals surface area contributed by atoms with E-state index in [0.717, 1.165) is 29.6 Å². The molecule has 1 atom stereocenters. The van der Waals surface area contributed by atoms with Crippen molar-refractivity contribution < 1.29 is 9.84 Å². The number of pyridine rings is 1. The van der Waals surface area contributed by atoms with Crippen molar-refractivity contribution in [2.24, 2.45) is 0 Å². The molecule has 0 fully saturated rings. The Bertz CT molecular complexity index is 586. The maximum absolute atomic E-state index is 9.47. The van der Waals surface area contributed by atoms with Crippen LogP contribution in [0.1, 0.15) is 26.0 Å². The zero-order chi connectivity index (χ0) is 15.2. The van der Waals surface area contributed by atoms with Crippen LogP contribution in [0.15, 0.2) is 30.3 Å². The molecular formula is C17H24N2O2. The van der Waals surface area contributed by atoms with Gasteiger partial charge in [0.2, 0.25) is 0 Å². The monoisotopic (exact) mass is 288 g/mol. The molecule has 4 heteroatoms. The van der Waals surface area contributed by atoms with Gasteiger partial charge in [-0.2, -0.15) is 0 Å². The quantitative estimate of drug-likeness (QED) is 0.851. The van der Waals surface area contributed by atoms with Gasteiger partial charge in [0.15, 0.2) is 0 Å². The number of aromatic nitrogens is 1. The van der Waals surface area contributed by atoms with Gasteiger partial charge in [0.1, 0.15) is 5.82 Å². The molecule has 1 aromatic carbocycles. The molecule has 0 spiro atoms. The number of hydrogen-bond acceptors (Lipinski definition) is 4. The van der Waals surface area contributed by atoms with Gasteiger partial charge in [-0.1, -0.05) is 31.2 Å². The summed E-state index contributed by atoms with van der Waals surface area (Å²) in [5.74, 6) is 0.934. The Kier molecular flexibility index (Phi) is 5.53. The molecular weight excluding hydrogens is 264 g/mol. The fourth-order valence-corrected chi connectivity index (χ4v) is 2.48. The standard InChI is InChI=1S/C17H24N2O2/c1-4-13(2)19(9-10-21-3)17-16-8-6-5-7-14(16)11-15(12-20)18-17/h5-8,11,13,20H,4,9-10,12H2,1-3H3. The van der Waals surface area contributed by atoms with Crippen LogP contribution in [0.3, 0.4) is 0 Å². The number of fused-ring (bicyclic) bond motifs is 1. The molecule has 0 amide bonds. The second-order valence-corrected chi connectivity index (χ2v) is 5.26. The topological polar surface area (TPSA) is 45.6 Å².